The molecule has 2 bridgehead atoms. The number of benzene rings is 1. The third kappa shape index (κ3) is 3.12. The molecule has 5 heteroatoms. The lowest BCUT2D eigenvalue weighted by atomic mass is 9.65. The second-order valence-electron chi connectivity index (χ2n) is 8.62. The van der Waals surface area contributed by atoms with E-state index in [4.69, 9.17) is 0 Å². The van der Waals surface area contributed by atoms with Crippen LogP contribution in [0.2, 0.25) is 0 Å². The lowest BCUT2D eigenvalue weighted by Gasteiger charge is -2.39. The maximum atomic E-state index is 12.7. The van der Waals surface area contributed by atoms with Crippen molar-refractivity contribution in [3.63, 3.8) is 0 Å². The number of rotatable bonds is 1. The van der Waals surface area contributed by atoms with E-state index in [1.165, 1.54) is 0 Å². The van der Waals surface area contributed by atoms with Gasteiger partial charge in [-0.05, 0) is 54.7 Å². The fourth-order valence-electron chi connectivity index (χ4n) is 4.75. The van der Waals surface area contributed by atoms with Gasteiger partial charge in [0.2, 0.25) is 0 Å². The molecule has 2 aliphatic rings. The first-order valence-electron chi connectivity index (χ1n) is 8.50. The van der Waals surface area contributed by atoms with E-state index < -0.39 is 11.8 Å². The van der Waals surface area contributed by atoms with E-state index in [0.29, 0.717) is 6.54 Å². The number of carbonyl (C=O) groups excluding carboxylic acids is 2. The smallest absolute Gasteiger partial charge is 0.314 e. The highest BCUT2D eigenvalue weighted by Crippen LogP contribution is 2.52. The van der Waals surface area contributed by atoms with Crippen molar-refractivity contribution in [1.82, 2.24) is 4.90 Å². The maximum Gasteiger partial charge on any atom is 0.314 e. The van der Waals surface area contributed by atoms with Crippen molar-refractivity contribution in [3.05, 3.63) is 23.8 Å². The highest BCUT2D eigenvalue weighted by atomic mass is 16.3. The Kier molecular flexibility index (Phi) is 3.85. The van der Waals surface area contributed by atoms with Crippen LogP contribution >= 0.6 is 0 Å². The normalized spacial score (nSPS) is 27.8. The highest BCUT2D eigenvalue weighted by molar-refractivity contribution is 6.39. The summed E-state index contributed by atoms with van der Waals surface area (Å²) in [6, 6.07) is 5.09. The number of fused-ring (bicyclic) bond motifs is 2. The van der Waals surface area contributed by atoms with Gasteiger partial charge in [-0.2, -0.15) is 0 Å². The first-order valence-corrected chi connectivity index (χ1v) is 8.50. The lowest BCUT2D eigenvalue weighted by molar-refractivity contribution is -0.144. The molecular weight excluding hydrogens is 304 g/mol. The van der Waals surface area contributed by atoms with Crippen LogP contribution < -0.4 is 5.32 Å². The molecule has 0 aromatic heterocycles. The van der Waals surface area contributed by atoms with Gasteiger partial charge >= 0.3 is 11.8 Å². The highest BCUT2D eigenvalue weighted by Gasteiger charge is 2.51. The first kappa shape index (κ1) is 16.8. The Balaban J connectivity index is 1.74. The van der Waals surface area contributed by atoms with E-state index in [1.54, 1.807) is 23.1 Å². The van der Waals surface area contributed by atoms with Crippen molar-refractivity contribution in [3.8, 4) is 5.75 Å². The number of aryl methyl sites for hydroxylation is 1. The molecule has 5 nitrogen and oxygen atoms in total. The molecule has 1 aliphatic carbocycles. The Morgan fingerprint density at radius 3 is 2.62 bits per heavy atom. The Morgan fingerprint density at radius 1 is 1.25 bits per heavy atom. The fraction of sp³-hybridized carbons (Fsp3) is 0.579. The van der Waals surface area contributed by atoms with Gasteiger partial charge in [-0.15, -0.1) is 0 Å². The molecule has 2 atom stereocenters. The van der Waals surface area contributed by atoms with Crippen LogP contribution in [0.1, 0.15) is 45.6 Å². The number of nitrogens with one attached hydrogen (secondary N) is 1. The summed E-state index contributed by atoms with van der Waals surface area (Å²) in [5, 5.41) is 12.5. The number of nitrogens with zero attached hydrogens (tertiary/aromatic N) is 1. The molecule has 1 aromatic rings. The molecule has 1 saturated carbocycles. The van der Waals surface area contributed by atoms with E-state index in [9.17, 15) is 14.7 Å². The van der Waals surface area contributed by atoms with Crippen LogP contribution in [0.25, 0.3) is 0 Å². The van der Waals surface area contributed by atoms with Crippen LogP contribution in [-0.4, -0.2) is 34.4 Å². The number of aromatic hydroxyl groups is 1. The van der Waals surface area contributed by atoms with Crippen molar-refractivity contribution in [2.45, 2.75) is 53.0 Å². The van der Waals surface area contributed by atoms with Crippen LogP contribution in [0, 0.1) is 17.8 Å². The van der Waals surface area contributed by atoms with Gasteiger partial charge in [-0.3, -0.25) is 9.59 Å². The zero-order valence-corrected chi connectivity index (χ0v) is 14.8. The van der Waals surface area contributed by atoms with E-state index >= 15 is 0 Å². The summed E-state index contributed by atoms with van der Waals surface area (Å²) in [6.45, 7) is 9.15. The van der Waals surface area contributed by atoms with Crippen molar-refractivity contribution in [1.29, 1.82) is 0 Å². The number of carbonyl (C=O) groups is 2. The van der Waals surface area contributed by atoms with Gasteiger partial charge in [0.25, 0.3) is 0 Å². The van der Waals surface area contributed by atoms with Gasteiger partial charge in [0.1, 0.15) is 5.75 Å². The molecule has 1 aromatic carbocycles. The number of hydrogen-bond acceptors (Lipinski definition) is 3. The number of amides is 2. The summed E-state index contributed by atoms with van der Waals surface area (Å²) in [6.07, 6.45) is 2.96. The molecule has 0 spiro atoms. The third-order valence-electron chi connectivity index (χ3n) is 5.27. The Hall–Kier alpha value is -2.04. The minimum atomic E-state index is -0.678. The number of hydrogen-bond donors (Lipinski definition) is 2. The van der Waals surface area contributed by atoms with Crippen molar-refractivity contribution < 1.29 is 14.7 Å². The molecule has 0 radical (unpaired) electrons. The minimum Gasteiger partial charge on any atom is -0.506 e. The standard InChI is InChI=1S/C19H26N2O3/c1-12-5-6-14(15(22)7-12)20-16(23)17(24)21-11-19(4)9-13(21)8-18(2,3)10-19/h5-7,13,22H,8-11H2,1-4H3,(H,20,23). The van der Waals surface area contributed by atoms with Crippen LogP contribution in [0.4, 0.5) is 5.69 Å². The number of anilines is 1. The first-order chi connectivity index (χ1) is 11.1. The fourth-order valence-corrected chi connectivity index (χ4v) is 4.75. The van der Waals surface area contributed by atoms with Crippen molar-refractivity contribution >= 4 is 17.5 Å². The SMILES string of the molecule is Cc1ccc(NC(=O)C(=O)N2CC3(C)CC2CC(C)(C)C3)c(O)c1. The van der Waals surface area contributed by atoms with E-state index in [2.05, 4.69) is 26.1 Å². The Labute approximate surface area is 143 Å². The molecule has 1 aliphatic heterocycles. The van der Waals surface area contributed by atoms with Crippen LogP contribution in [0.3, 0.4) is 0 Å². The lowest BCUT2D eigenvalue weighted by Crippen LogP contribution is -2.43. The molecule has 2 amide bonds. The van der Waals surface area contributed by atoms with Gasteiger partial charge in [-0.25, -0.2) is 0 Å². The van der Waals surface area contributed by atoms with E-state index in [1.807, 2.05) is 6.92 Å². The monoisotopic (exact) mass is 330 g/mol. The van der Waals surface area contributed by atoms with E-state index in [-0.39, 0.29) is 28.3 Å². The molecular formula is C19H26N2O3. The second kappa shape index (κ2) is 5.50. The number of phenols is 1. The molecule has 2 N–H and O–H groups in total. The van der Waals surface area contributed by atoms with Gasteiger partial charge in [0, 0.05) is 12.6 Å². The van der Waals surface area contributed by atoms with Gasteiger partial charge in [0.15, 0.2) is 0 Å². The predicted octanol–water partition coefficient (Wildman–Crippen LogP) is 3.07. The molecule has 24 heavy (non-hydrogen) atoms. The second-order valence-corrected chi connectivity index (χ2v) is 8.62. The molecule has 2 fully saturated rings. The Bertz CT molecular complexity index is 698. The van der Waals surface area contributed by atoms with Gasteiger partial charge in [-0.1, -0.05) is 26.8 Å². The largest absolute Gasteiger partial charge is 0.506 e. The third-order valence-corrected chi connectivity index (χ3v) is 5.27. The molecule has 1 heterocycles. The Morgan fingerprint density at radius 2 is 1.96 bits per heavy atom. The summed E-state index contributed by atoms with van der Waals surface area (Å²) in [5.41, 5.74) is 1.44. The maximum absolute atomic E-state index is 12.7. The molecule has 130 valence electrons. The van der Waals surface area contributed by atoms with Crippen LogP contribution in [0.15, 0.2) is 18.2 Å². The molecule has 2 unspecified atom stereocenters. The zero-order chi connectivity index (χ0) is 17.7. The topological polar surface area (TPSA) is 69.6 Å². The van der Waals surface area contributed by atoms with Gasteiger partial charge in [0.05, 0.1) is 5.69 Å². The summed E-state index contributed by atoms with van der Waals surface area (Å²) in [5.74, 6) is -1.20. The summed E-state index contributed by atoms with van der Waals surface area (Å²) >= 11 is 0. The summed E-state index contributed by atoms with van der Waals surface area (Å²) in [4.78, 5) is 26.8. The average molecular weight is 330 g/mol. The molecule has 3 rings (SSSR count). The minimum absolute atomic E-state index is 0.0237. The summed E-state index contributed by atoms with van der Waals surface area (Å²) in [7, 11) is 0. The van der Waals surface area contributed by atoms with Crippen molar-refractivity contribution in [2.24, 2.45) is 10.8 Å². The number of likely N-dealkylation sites (tertiary alicyclic amines) is 1. The average Bonchev–Trinajstić information content (AvgIpc) is 2.70. The van der Waals surface area contributed by atoms with Crippen LogP contribution in [-0.2, 0) is 9.59 Å². The molecule has 1 saturated heterocycles. The van der Waals surface area contributed by atoms with E-state index in [0.717, 1.165) is 24.8 Å². The quantitative estimate of drug-likeness (QED) is 0.614. The van der Waals surface area contributed by atoms with Crippen molar-refractivity contribution in [2.75, 3.05) is 11.9 Å². The van der Waals surface area contributed by atoms with Gasteiger partial charge < -0.3 is 15.3 Å². The zero-order valence-electron chi connectivity index (χ0n) is 14.8. The summed E-state index contributed by atoms with van der Waals surface area (Å²) < 4.78 is 0. The number of phenolic OH excluding ortho intramolecular Hbond substituents is 1. The van der Waals surface area contributed by atoms with Crippen LogP contribution in [0.5, 0.6) is 5.75 Å². The predicted molar refractivity (Wildman–Crippen MR) is 92.7 cm³/mol.